The number of ketones is 1. The number of hydrogen-bond acceptors (Lipinski definition) is 6. The van der Waals surface area contributed by atoms with Crippen LogP contribution in [0.25, 0.3) is 0 Å². The number of Topliss-reactive ketones (excluding diaryl/α,β-unsaturated/α-hetero) is 1. The van der Waals surface area contributed by atoms with Crippen LogP contribution in [-0.2, 0) is 9.59 Å². The fraction of sp³-hybridized carbons (Fsp3) is 0.667. The first-order chi connectivity index (χ1) is 5.91. The minimum Gasteiger partial charge on any atom is -0.475 e. The van der Waals surface area contributed by atoms with E-state index in [1.54, 1.807) is 0 Å². The van der Waals surface area contributed by atoms with Gasteiger partial charge in [0.15, 0.2) is 6.10 Å². The summed E-state index contributed by atoms with van der Waals surface area (Å²) in [6.07, 6.45) is -5.99. The SMILES string of the molecule is O=C(O)C(=O)[C@@H](O)[C@H](O)[C@H](O)CO.[Na]. The van der Waals surface area contributed by atoms with Crippen LogP contribution >= 0.6 is 0 Å². The van der Waals surface area contributed by atoms with Gasteiger partial charge in [0.05, 0.1) is 6.61 Å². The average molecular weight is 217 g/mol. The average Bonchev–Trinajstić information content (AvgIpc) is 2.12. The van der Waals surface area contributed by atoms with Gasteiger partial charge in [0, 0.05) is 29.6 Å². The number of carboxylic acids is 1. The Kier molecular flexibility index (Phi) is 8.55. The molecular weight excluding hydrogens is 207 g/mol. The molecule has 0 aliphatic heterocycles. The molecule has 3 atom stereocenters. The van der Waals surface area contributed by atoms with E-state index in [9.17, 15) is 9.59 Å². The van der Waals surface area contributed by atoms with Crippen molar-refractivity contribution in [1.82, 2.24) is 0 Å². The summed E-state index contributed by atoms with van der Waals surface area (Å²) in [5.41, 5.74) is 0. The van der Waals surface area contributed by atoms with Gasteiger partial charge in [0.1, 0.15) is 12.2 Å². The van der Waals surface area contributed by atoms with E-state index in [0.29, 0.717) is 0 Å². The largest absolute Gasteiger partial charge is 0.475 e. The van der Waals surface area contributed by atoms with E-state index in [-0.39, 0.29) is 29.6 Å². The van der Waals surface area contributed by atoms with Gasteiger partial charge in [-0.05, 0) is 0 Å². The fourth-order valence-electron chi connectivity index (χ4n) is 0.600. The summed E-state index contributed by atoms with van der Waals surface area (Å²) in [4.78, 5) is 20.5. The third kappa shape index (κ3) is 4.47. The maximum Gasteiger partial charge on any atom is 0.375 e. The van der Waals surface area contributed by atoms with Crippen LogP contribution in [0.2, 0.25) is 0 Å². The van der Waals surface area contributed by atoms with Crippen molar-refractivity contribution in [2.24, 2.45) is 0 Å². The summed E-state index contributed by atoms with van der Waals surface area (Å²) in [5.74, 6) is -3.56. The van der Waals surface area contributed by atoms with Crippen LogP contribution in [0, 0.1) is 0 Å². The molecule has 0 amide bonds. The molecule has 0 aromatic heterocycles. The second kappa shape index (κ2) is 7.30. The fourth-order valence-corrected chi connectivity index (χ4v) is 0.600. The molecule has 0 rings (SSSR count). The van der Waals surface area contributed by atoms with E-state index in [1.807, 2.05) is 0 Å². The van der Waals surface area contributed by atoms with Gasteiger partial charge in [-0.3, -0.25) is 4.79 Å². The van der Waals surface area contributed by atoms with E-state index >= 15 is 0 Å². The molecule has 0 aromatic carbocycles. The predicted molar refractivity (Wildman–Crippen MR) is 43.5 cm³/mol. The Hall–Kier alpha value is -0.0200. The minimum absolute atomic E-state index is 0. The number of aliphatic hydroxyl groups is 4. The van der Waals surface area contributed by atoms with Crippen LogP contribution in [0.5, 0.6) is 0 Å². The number of rotatable bonds is 5. The molecule has 5 N–H and O–H groups in total. The summed E-state index contributed by atoms with van der Waals surface area (Å²) >= 11 is 0. The molecule has 0 aromatic rings. The Bertz CT molecular complexity index is 206. The first-order valence-electron chi connectivity index (χ1n) is 3.34. The van der Waals surface area contributed by atoms with Crippen molar-refractivity contribution in [2.45, 2.75) is 18.3 Å². The quantitative estimate of drug-likeness (QED) is 0.236. The minimum atomic E-state index is -2.24. The monoisotopic (exact) mass is 217 g/mol. The summed E-state index contributed by atoms with van der Waals surface area (Å²) in [6.45, 7) is -0.884. The van der Waals surface area contributed by atoms with Crippen molar-refractivity contribution in [1.29, 1.82) is 0 Å². The van der Waals surface area contributed by atoms with Crippen LogP contribution in [0.4, 0.5) is 0 Å². The van der Waals surface area contributed by atoms with Gasteiger partial charge in [-0.1, -0.05) is 0 Å². The predicted octanol–water partition coefficient (Wildman–Crippen LogP) is -3.67. The molecule has 0 bridgehead atoms. The summed E-state index contributed by atoms with van der Waals surface area (Å²) in [7, 11) is 0. The molecule has 8 heteroatoms. The van der Waals surface area contributed by atoms with Gasteiger partial charge in [-0.25, -0.2) is 4.79 Å². The summed E-state index contributed by atoms with van der Waals surface area (Å²) < 4.78 is 0. The Morgan fingerprint density at radius 2 is 1.57 bits per heavy atom. The first-order valence-corrected chi connectivity index (χ1v) is 3.34. The molecule has 0 saturated carbocycles. The summed E-state index contributed by atoms with van der Waals surface area (Å²) in [5, 5.41) is 42.8. The Labute approximate surface area is 101 Å². The maximum atomic E-state index is 10.5. The molecular formula is C6H10NaO7. The molecule has 14 heavy (non-hydrogen) atoms. The zero-order valence-corrected chi connectivity index (χ0v) is 9.49. The Morgan fingerprint density at radius 1 is 1.14 bits per heavy atom. The van der Waals surface area contributed by atoms with Crippen molar-refractivity contribution in [3.63, 3.8) is 0 Å². The van der Waals surface area contributed by atoms with E-state index in [2.05, 4.69) is 0 Å². The zero-order valence-electron chi connectivity index (χ0n) is 7.49. The van der Waals surface area contributed by atoms with Crippen molar-refractivity contribution in [2.75, 3.05) is 6.61 Å². The van der Waals surface area contributed by atoms with Crippen molar-refractivity contribution >= 4 is 41.3 Å². The van der Waals surface area contributed by atoms with Gasteiger partial charge in [-0.2, -0.15) is 0 Å². The molecule has 0 unspecified atom stereocenters. The van der Waals surface area contributed by atoms with Crippen LogP contribution < -0.4 is 0 Å². The molecule has 0 fully saturated rings. The number of aliphatic hydroxyl groups excluding tert-OH is 4. The van der Waals surface area contributed by atoms with E-state index in [1.165, 1.54) is 0 Å². The third-order valence-corrected chi connectivity index (χ3v) is 1.38. The first kappa shape index (κ1) is 16.4. The smallest absolute Gasteiger partial charge is 0.375 e. The van der Waals surface area contributed by atoms with Gasteiger partial charge >= 0.3 is 5.97 Å². The number of carbonyl (C=O) groups excluding carboxylic acids is 1. The molecule has 0 spiro atoms. The third-order valence-electron chi connectivity index (χ3n) is 1.38. The second-order valence-electron chi connectivity index (χ2n) is 2.35. The van der Waals surface area contributed by atoms with Gasteiger partial charge in [0.2, 0.25) is 0 Å². The standard InChI is InChI=1S/C6H10O7.Na/c7-1-2(8)3(9)4(10)5(11)6(12)13;/h2-4,7-10H,1H2,(H,12,13);/t2-,3-,4+;/m1./s1. The van der Waals surface area contributed by atoms with Crippen molar-refractivity contribution in [3.8, 4) is 0 Å². The number of hydrogen-bond donors (Lipinski definition) is 5. The van der Waals surface area contributed by atoms with E-state index in [4.69, 9.17) is 25.5 Å². The van der Waals surface area contributed by atoms with Gasteiger partial charge in [-0.15, -0.1) is 0 Å². The molecule has 0 aliphatic rings. The number of carboxylic acid groups (broad SMARTS) is 1. The van der Waals surface area contributed by atoms with Crippen LogP contribution in [0.15, 0.2) is 0 Å². The van der Waals surface area contributed by atoms with Crippen molar-refractivity contribution < 1.29 is 35.1 Å². The van der Waals surface area contributed by atoms with Crippen molar-refractivity contribution in [3.05, 3.63) is 0 Å². The van der Waals surface area contributed by atoms with Gasteiger partial charge in [0.25, 0.3) is 5.78 Å². The molecule has 0 heterocycles. The molecule has 7 nitrogen and oxygen atoms in total. The topological polar surface area (TPSA) is 135 Å². The Balaban J connectivity index is 0. The van der Waals surface area contributed by atoms with E-state index in [0.717, 1.165) is 0 Å². The van der Waals surface area contributed by atoms with Crippen LogP contribution in [0.1, 0.15) is 0 Å². The van der Waals surface area contributed by atoms with Gasteiger partial charge < -0.3 is 25.5 Å². The summed E-state index contributed by atoms with van der Waals surface area (Å²) in [6, 6.07) is 0. The van der Waals surface area contributed by atoms with Crippen LogP contribution in [0.3, 0.4) is 0 Å². The molecule has 77 valence electrons. The molecule has 0 aliphatic carbocycles. The van der Waals surface area contributed by atoms with E-state index < -0.39 is 36.7 Å². The Morgan fingerprint density at radius 3 is 1.86 bits per heavy atom. The zero-order chi connectivity index (χ0) is 10.6. The number of carbonyl (C=O) groups is 2. The normalized spacial score (nSPS) is 16.3. The van der Waals surface area contributed by atoms with Crippen LogP contribution in [-0.4, -0.2) is 91.8 Å². The molecule has 1 radical (unpaired) electrons. The number of aliphatic carboxylic acids is 1. The maximum absolute atomic E-state index is 10.5. The second-order valence-corrected chi connectivity index (χ2v) is 2.35. The molecule has 0 saturated heterocycles.